The Morgan fingerprint density at radius 2 is 1.92 bits per heavy atom. The average molecular weight is 185 g/mol. The molecule has 1 heterocycles. The van der Waals surface area contributed by atoms with Crippen molar-refractivity contribution in [1.82, 2.24) is 9.97 Å². The number of aryl methyl sites for hydroxylation is 1. The van der Waals surface area contributed by atoms with Gasteiger partial charge in [-0.25, -0.2) is 4.98 Å². The van der Waals surface area contributed by atoms with Crippen molar-refractivity contribution >= 4 is 11.6 Å². The molecule has 3 heteroatoms. The lowest BCUT2D eigenvalue weighted by molar-refractivity contribution is 0.565. The molecule has 0 spiro atoms. The van der Waals surface area contributed by atoms with Crippen molar-refractivity contribution in [3.63, 3.8) is 0 Å². The molecule has 66 valence electrons. The highest BCUT2D eigenvalue weighted by Gasteiger charge is 2.19. The van der Waals surface area contributed by atoms with E-state index in [0.717, 1.165) is 11.4 Å². The zero-order valence-electron chi connectivity index (χ0n) is 7.85. The van der Waals surface area contributed by atoms with Crippen molar-refractivity contribution in [3.05, 3.63) is 22.7 Å². The third-order valence-corrected chi connectivity index (χ3v) is 1.82. The van der Waals surface area contributed by atoms with Crippen LogP contribution >= 0.6 is 11.6 Å². The Morgan fingerprint density at radius 1 is 1.33 bits per heavy atom. The van der Waals surface area contributed by atoms with Crippen molar-refractivity contribution in [2.75, 3.05) is 0 Å². The lowest BCUT2D eigenvalue weighted by atomic mass is 9.93. The first kappa shape index (κ1) is 9.46. The molecule has 2 nitrogen and oxygen atoms in total. The predicted molar refractivity (Wildman–Crippen MR) is 50.5 cm³/mol. The van der Waals surface area contributed by atoms with Crippen LogP contribution in [-0.4, -0.2) is 9.97 Å². The van der Waals surface area contributed by atoms with E-state index < -0.39 is 0 Å². The Bertz CT molecular complexity index is 289. The van der Waals surface area contributed by atoms with E-state index in [4.69, 9.17) is 11.6 Å². The SMILES string of the molecule is Cc1cnc(C(C)(C)C)c(Cl)n1. The monoisotopic (exact) mass is 184 g/mol. The van der Waals surface area contributed by atoms with Gasteiger partial charge >= 0.3 is 0 Å². The molecule has 0 saturated heterocycles. The highest BCUT2D eigenvalue weighted by molar-refractivity contribution is 6.30. The number of rotatable bonds is 0. The van der Waals surface area contributed by atoms with Crippen LogP contribution in [0.3, 0.4) is 0 Å². The van der Waals surface area contributed by atoms with Crippen molar-refractivity contribution in [2.45, 2.75) is 33.1 Å². The molecule has 0 N–H and O–H groups in total. The minimum atomic E-state index is -0.0300. The summed E-state index contributed by atoms with van der Waals surface area (Å²) in [6.45, 7) is 8.08. The Hall–Kier alpha value is -0.630. The first-order valence-corrected chi connectivity index (χ1v) is 4.28. The summed E-state index contributed by atoms with van der Waals surface area (Å²) in [6, 6.07) is 0. The van der Waals surface area contributed by atoms with Gasteiger partial charge in [0.1, 0.15) is 0 Å². The molecule has 1 aromatic rings. The van der Waals surface area contributed by atoms with Gasteiger partial charge in [-0.1, -0.05) is 32.4 Å². The van der Waals surface area contributed by atoms with Crippen molar-refractivity contribution in [3.8, 4) is 0 Å². The van der Waals surface area contributed by atoms with Crippen molar-refractivity contribution < 1.29 is 0 Å². The molecule has 0 aliphatic rings. The van der Waals surface area contributed by atoms with Crippen LogP contribution in [-0.2, 0) is 5.41 Å². The maximum atomic E-state index is 5.94. The van der Waals surface area contributed by atoms with E-state index in [9.17, 15) is 0 Å². The molecule has 0 saturated carbocycles. The molecule has 0 radical (unpaired) electrons. The lowest BCUT2D eigenvalue weighted by Gasteiger charge is -2.18. The molecule has 0 aromatic carbocycles. The maximum absolute atomic E-state index is 5.94. The number of halogens is 1. The molecule has 1 rings (SSSR count). The van der Waals surface area contributed by atoms with Crippen LogP contribution in [0.1, 0.15) is 32.2 Å². The summed E-state index contributed by atoms with van der Waals surface area (Å²) in [7, 11) is 0. The second kappa shape index (κ2) is 3.02. The summed E-state index contributed by atoms with van der Waals surface area (Å²) in [5, 5.41) is 0.516. The van der Waals surface area contributed by atoms with E-state index in [0.29, 0.717) is 5.15 Å². The zero-order chi connectivity index (χ0) is 9.35. The lowest BCUT2D eigenvalue weighted by Crippen LogP contribution is -2.15. The summed E-state index contributed by atoms with van der Waals surface area (Å²) >= 11 is 5.94. The van der Waals surface area contributed by atoms with E-state index in [1.165, 1.54) is 0 Å². The van der Waals surface area contributed by atoms with Crippen LogP contribution in [0.2, 0.25) is 5.15 Å². The molecule has 0 unspecified atom stereocenters. The highest BCUT2D eigenvalue weighted by atomic mass is 35.5. The number of hydrogen-bond donors (Lipinski definition) is 0. The minimum Gasteiger partial charge on any atom is -0.256 e. The first-order valence-electron chi connectivity index (χ1n) is 3.91. The fourth-order valence-corrected chi connectivity index (χ4v) is 1.42. The molecule has 0 fully saturated rings. The quantitative estimate of drug-likeness (QED) is 0.620. The molecule has 0 atom stereocenters. The van der Waals surface area contributed by atoms with Gasteiger partial charge < -0.3 is 0 Å². The van der Waals surface area contributed by atoms with Gasteiger partial charge in [0.25, 0.3) is 0 Å². The van der Waals surface area contributed by atoms with Crippen LogP contribution < -0.4 is 0 Å². The summed E-state index contributed by atoms with van der Waals surface area (Å²) in [6.07, 6.45) is 1.74. The van der Waals surface area contributed by atoms with Crippen molar-refractivity contribution in [1.29, 1.82) is 0 Å². The van der Waals surface area contributed by atoms with Gasteiger partial charge in [-0.3, -0.25) is 4.98 Å². The van der Waals surface area contributed by atoms with Crippen molar-refractivity contribution in [2.24, 2.45) is 0 Å². The fraction of sp³-hybridized carbons (Fsp3) is 0.556. The van der Waals surface area contributed by atoms with Crippen LogP contribution in [0.15, 0.2) is 6.20 Å². The zero-order valence-corrected chi connectivity index (χ0v) is 8.61. The Kier molecular flexibility index (Phi) is 2.38. The fourth-order valence-electron chi connectivity index (χ4n) is 0.951. The summed E-state index contributed by atoms with van der Waals surface area (Å²) in [5.74, 6) is 0. The summed E-state index contributed by atoms with van der Waals surface area (Å²) in [4.78, 5) is 8.40. The van der Waals surface area contributed by atoms with Crippen LogP contribution in [0.4, 0.5) is 0 Å². The van der Waals surface area contributed by atoms with E-state index in [-0.39, 0.29) is 5.41 Å². The Morgan fingerprint density at radius 3 is 2.33 bits per heavy atom. The predicted octanol–water partition coefficient (Wildman–Crippen LogP) is 2.74. The number of hydrogen-bond acceptors (Lipinski definition) is 2. The van der Waals surface area contributed by atoms with E-state index >= 15 is 0 Å². The first-order chi connectivity index (χ1) is 5.41. The molecular weight excluding hydrogens is 172 g/mol. The van der Waals surface area contributed by atoms with Gasteiger partial charge in [0.05, 0.1) is 11.4 Å². The Labute approximate surface area is 78.0 Å². The van der Waals surface area contributed by atoms with E-state index in [1.54, 1.807) is 6.20 Å². The largest absolute Gasteiger partial charge is 0.256 e. The van der Waals surface area contributed by atoms with Gasteiger partial charge in [0.15, 0.2) is 5.15 Å². The molecule has 0 aliphatic carbocycles. The van der Waals surface area contributed by atoms with Gasteiger partial charge in [0, 0.05) is 11.6 Å². The number of nitrogens with zero attached hydrogens (tertiary/aromatic N) is 2. The average Bonchev–Trinajstić information content (AvgIpc) is 1.83. The molecule has 1 aromatic heterocycles. The molecule has 0 bridgehead atoms. The third kappa shape index (κ3) is 1.95. The van der Waals surface area contributed by atoms with E-state index in [2.05, 4.69) is 30.7 Å². The smallest absolute Gasteiger partial charge is 0.151 e. The molecular formula is C9H13ClN2. The third-order valence-electron chi connectivity index (χ3n) is 1.56. The van der Waals surface area contributed by atoms with Gasteiger partial charge in [-0.2, -0.15) is 0 Å². The Balaban J connectivity index is 3.19. The van der Waals surface area contributed by atoms with Gasteiger partial charge in [-0.15, -0.1) is 0 Å². The molecule has 0 aliphatic heterocycles. The highest BCUT2D eigenvalue weighted by Crippen LogP contribution is 2.25. The summed E-state index contributed by atoms with van der Waals surface area (Å²) < 4.78 is 0. The minimum absolute atomic E-state index is 0.0300. The normalized spacial score (nSPS) is 11.8. The van der Waals surface area contributed by atoms with E-state index in [1.807, 2.05) is 6.92 Å². The maximum Gasteiger partial charge on any atom is 0.151 e. The molecule has 0 amide bonds. The standard InChI is InChI=1S/C9H13ClN2/c1-6-5-11-7(8(10)12-6)9(2,3)4/h5H,1-4H3. The topological polar surface area (TPSA) is 25.8 Å². The number of aromatic nitrogens is 2. The second-order valence-corrected chi connectivity index (χ2v) is 4.26. The van der Waals surface area contributed by atoms with Crippen LogP contribution in [0.5, 0.6) is 0 Å². The van der Waals surface area contributed by atoms with Gasteiger partial charge in [-0.05, 0) is 6.92 Å². The molecule has 12 heavy (non-hydrogen) atoms. The van der Waals surface area contributed by atoms with Crippen LogP contribution in [0.25, 0.3) is 0 Å². The van der Waals surface area contributed by atoms with Gasteiger partial charge in [0.2, 0.25) is 0 Å². The summed E-state index contributed by atoms with van der Waals surface area (Å²) in [5.41, 5.74) is 1.68. The second-order valence-electron chi connectivity index (χ2n) is 3.90. The van der Waals surface area contributed by atoms with Crippen LogP contribution in [0, 0.1) is 6.92 Å².